The van der Waals surface area contributed by atoms with Gasteiger partial charge in [0.2, 0.25) is 5.91 Å². The van der Waals surface area contributed by atoms with Crippen LogP contribution in [0, 0.1) is 6.92 Å². The van der Waals surface area contributed by atoms with Gasteiger partial charge in [-0.15, -0.1) is 0 Å². The third-order valence-corrected chi connectivity index (χ3v) is 5.56. The second-order valence-electron chi connectivity index (χ2n) is 7.94. The van der Waals surface area contributed by atoms with Crippen LogP contribution in [0.1, 0.15) is 34.7 Å². The van der Waals surface area contributed by atoms with E-state index in [-0.39, 0.29) is 11.8 Å². The monoisotopic (exact) mass is 413 g/mol. The summed E-state index contributed by atoms with van der Waals surface area (Å²) in [4.78, 5) is 23.6. The van der Waals surface area contributed by atoms with E-state index in [0.29, 0.717) is 13.0 Å². The first-order chi connectivity index (χ1) is 15.0. The molecule has 1 atom stereocenters. The highest BCUT2D eigenvalue weighted by Gasteiger charge is 2.22. The maximum atomic E-state index is 12.9. The highest BCUT2D eigenvalue weighted by molar-refractivity contribution is 5.77. The van der Waals surface area contributed by atoms with Crippen LogP contribution in [0.4, 0.5) is 5.69 Å². The van der Waals surface area contributed by atoms with Crippen molar-refractivity contribution in [1.82, 2.24) is 19.7 Å². The molecule has 0 radical (unpaired) electrons. The first-order valence-corrected chi connectivity index (χ1v) is 10.4. The maximum absolute atomic E-state index is 12.9. The minimum Gasteiger partial charge on any atom is -0.378 e. The van der Waals surface area contributed by atoms with E-state index in [2.05, 4.69) is 61.8 Å². The summed E-state index contributed by atoms with van der Waals surface area (Å²) in [5.41, 5.74) is 6.28. The molecular weight excluding hydrogens is 386 g/mol. The zero-order valence-electron chi connectivity index (χ0n) is 18.1. The molecule has 0 bridgehead atoms. The third-order valence-electron chi connectivity index (χ3n) is 5.56. The van der Waals surface area contributed by atoms with Gasteiger partial charge in [0.05, 0.1) is 5.69 Å². The van der Waals surface area contributed by atoms with Crippen molar-refractivity contribution in [3.05, 3.63) is 95.7 Å². The second kappa shape index (κ2) is 9.00. The molecule has 0 aliphatic carbocycles. The molecule has 6 nitrogen and oxygen atoms in total. The number of pyridine rings is 2. The van der Waals surface area contributed by atoms with E-state index in [1.165, 1.54) is 0 Å². The molecule has 0 aliphatic heterocycles. The highest BCUT2D eigenvalue weighted by Crippen LogP contribution is 2.30. The Balaban J connectivity index is 1.63. The Labute approximate surface area is 182 Å². The predicted molar refractivity (Wildman–Crippen MR) is 123 cm³/mol. The van der Waals surface area contributed by atoms with Crippen LogP contribution in [0.2, 0.25) is 0 Å². The van der Waals surface area contributed by atoms with E-state index >= 15 is 0 Å². The molecule has 4 rings (SSSR count). The molecule has 0 saturated heterocycles. The fraction of sp³-hybridized carbons (Fsp3) is 0.240. The van der Waals surface area contributed by atoms with Gasteiger partial charge in [0.1, 0.15) is 5.65 Å². The first-order valence-electron chi connectivity index (χ1n) is 10.4. The predicted octanol–water partition coefficient (Wildman–Crippen LogP) is 3.94. The van der Waals surface area contributed by atoms with Crippen LogP contribution >= 0.6 is 0 Å². The van der Waals surface area contributed by atoms with E-state index in [9.17, 15) is 4.79 Å². The molecular formula is C25H27N5O. The largest absolute Gasteiger partial charge is 0.378 e. The molecule has 0 spiro atoms. The standard InChI is InChI=1S/C25H27N5O/c1-18-5-4-14-30-23(17-28-25(18)30)22(20-6-8-21(9-7-20)29(2)3)15-24(31)27-16-19-10-12-26-13-11-19/h4-14,17,22H,15-16H2,1-3H3,(H,27,31). The number of aromatic nitrogens is 3. The molecule has 3 aromatic heterocycles. The lowest BCUT2D eigenvalue weighted by atomic mass is 9.92. The summed E-state index contributed by atoms with van der Waals surface area (Å²) in [5.74, 6) is -0.105. The van der Waals surface area contributed by atoms with E-state index in [4.69, 9.17) is 0 Å². The van der Waals surface area contributed by atoms with Gasteiger partial charge in [-0.3, -0.25) is 9.78 Å². The van der Waals surface area contributed by atoms with Crippen molar-refractivity contribution < 1.29 is 4.79 Å². The Morgan fingerprint density at radius 2 is 1.84 bits per heavy atom. The van der Waals surface area contributed by atoms with Gasteiger partial charge in [-0.1, -0.05) is 18.2 Å². The quantitative estimate of drug-likeness (QED) is 0.498. The Morgan fingerprint density at radius 1 is 1.10 bits per heavy atom. The lowest BCUT2D eigenvalue weighted by molar-refractivity contribution is -0.121. The van der Waals surface area contributed by atoms with Gasteiger partial charge in [0.25, 0.3) is 0 Å². The van der Waals surface area contributed by atoms with Gasteiger partial charge < -0.3 is 14.6 Å². The first kappa shape index (κ1) is 20.6. The van der Waals surface area contributed by atoms with Crippen molar-refractivity contribution in [2.75, 3.05) is 19.0 Å². The molecule has 6 heteroatoms. The number of imidazole rings is 1. The molecule has 0 fully saturated rings. The van der Waals surface area contributed by atoms with E-state index in [0.717, 1.165) is 33.7 Å². The van der Waals surface area contributed by atoms with Crippen LogP contribution in [0.25, 0.3) is 5.65 Å². The Hall–Kier alpha value is -3.67. The Morgan fingerprint density at radius 3 is 2.55 bits per heavy atom. The lowest BCUT2D eigenvalue weighted by Gasteiger charge is -2.19. The van der Waals surface area contributed by atoms with Gasteiger partial charge in [-0.2, -0.15) is 0 Å². The summed E-state index contributed by atoms with van der Waals surface area (Å²) in [7, 11) is 4.04. The van der Waals surface area contributed by atoms with Gasteiger partial charge >= 0.3 is 0 Å². The maximum Gasteiger partial charge on any atom is 0.221 e. The number of benzene rings is 1. The van der Waals surface area contributed by atoms with Crippen LogP contribution < -0.4 is 10.2 Å². The summed E-state index contributed by atoms with van der Waals surface area (Å²) in [5, 5.41) is 3.05. The smallest absolute Gasteiger partial charge is 0.221 e. The van der Waals surface area contributed by atoms with E-state index < -0.39 is 0 Å². The zero-order valence-corrected chi connectivity index (χ0v) is 18.1. The minimum atomic E-state index is -0.106. The summed E-state index contributed by atoms with van der Waals surface area (Å²) < 4.78 is 2.09. The Kier molecular flexibility index (Phi) is 5.98. The summed E-state index contributed by atoms with van der Waals surface area (Å²) in [6.07, 6.45) is 7.71. The Bertz CT molecular complexity index is 1170. The third kappa shape index (κ3) is 4.58. The van der Waals surface area contributed by atoms with Gasteiger partial charge in [-0.05, 0) is 53.9 Å². The van der Waals surface area contributed by atoms with Crippen molar-refractivity contribution in [2.45, 2.75) is 25.8 Å². The normalized spacial score (nSPS) is 12.0. The number of anilines is 1. The molecule has 0 aliphatic rings. The summed E-state index contributed by atoms with van der Waals surface area (Å²) in [6, 6.07) is 16.3. The summed E-state index contributed by atoms with van der Waals surface area (Å²) >= 11 is 0. The van der Waals surface area contributed by atoms with Gasteiger partial charge in [0, 0.05) is 63.5 Å². The van der Waals surface area contributed by atoms with Crippen LogP contribution in [0.3, 0.4) is 0 Å². The van der Waals surface area contributed by atoms with Crippen LogP contribution in [-0.4, -0.2) is 34.4 Å². The van der Waals surface area contributed by atoms with Crippen molar-refractivity contribution in [1.29, 1.82) is 0 Å². The number of rotatable bonds is 7. The van der Waals surface area contributed by atoms with E-state index in [1.807, 2.05) is 44.7 Å². The fourth-order valence-corrected chi connectivity index (χ4v) is 3.79. The number of nitrogens with zero attached hydrogens (tertiary/aromatic N) is 4. The average Bonchev–Trinajstić information content (AvgIpc) is 3.22. The fourth-order valence-electron chi connectivity index (χ4n) is 3.79. The van der Waals surface area contributed by atoms with Gasteiger partial charge in [0.15, 0.2) is 0 Å². The van der Waals surface area contributed by atoms with Crippen molar-refractivity contribution >= 4 is 17.2 Å². The van der Waals surface area contributed by atoms with Crippen LogP contribution in [0.5, 0.6) is 0 Å². The zero-order chi connectivity index (χ0) is 21.8. The van der Waals surface area contributed by atoms with Gasteiger partial charge in [-0.25, -0.2) is 4.98 Å². The van der Waals surface area contributed by atoms with Crippen molar-refractivity contribution in [3.63, 3.8) is 0 Å². The molecule has 1 unspecified atom stereocenters. The van der Waals surface area contributed by atoms with Crippen molar-refractivity contribution in [3.8, 4) is 0 Å². The molecule has 0 saturated carbocycles. The average molecular weight is 414 g/mol. The molecule has 1 aromatic carbocycles. The number of nitrogens with one attached hydrogen (secondary N) is 1. The molecule has 31 heavy (non-hydrogen) atoms. The van der Waals surface area contributed by atoms with Crippen LogP contribution in [-0.2, 0) is 11.3 Å². The number of carbonyl (C=O) groups excluding carboxylic acids is 1. The van der Waals surface area contributed by atoms with E-state index in [1.54, 1.807) is 12.4 Å². The molecule has 1 amide bonds. The molecule has 158 valence electrons. The number of carbonyl (C=O) groups is 1. The number of aryl methyl sites for hydroxylation is 1. The summed E-state index contributed by atoms with van der Waals surface area (Å²) in [6.45, 7) is 2.54. The SMILES string of the molecule is Cc1cccn2c(C(CC(=O)NCc3ccncc3)c3ccc(N(C)C)cc3)cnc12. The highest BCUT2D eigenvalue weighted by atomic mass is 16.1. The lowest BCUT2D eigenvalue weighted by Crippen LogP contribution is -2.25. The number of amides is 1. The minimum absolute atomic E-state index is 0.00102. The molecule has 4 aromatic rings. The van der Waals surface area contributed by atoms with Crippen LogP contribution in [0.15, 0.2) is 73.3 Å². The number of hydrogen-bond acceptors (Lipinski definition) is 4. The number of hydrogen-bond donors (Lipinski definition) is 1. The topological polar surface area (TPSA) is 62.5 Å². The number of fused-ring (bicyclic) bond motifs is 1. The second-order valence-corrected chi connectivity index (χ2v) is 7.94. The van der Waals surface area contributed by atoms with Crippen molar-refractivity contribution in [2.24, 2.45) is 0 Å². The molecule has 1 N–H and O–H groups in total. The molecule has 3 heterocycles.